The molecule has 0 radical (unpaired) electrons. The number of hydrogen-bond acceptors (Lipinski definition) is 4. The van der Waals surface area contributed by atoms with Crippen LogP contribution in [0.25, 0.3) is 0 Å². The maximum atomic E-state index is 13.4. The van der Waals surface area contributed by atoms with Gasteiger partial charge in [0, 0.05) is 19.6 Å². The summed E-state index contributed by atoms with van der Waals surface area (Å²) in [6.07, 6.45) is 0. The number of nitrogens with zero attached hydrogens (tertiary/aromatic N) is 1. The van der Waals surface area contributed by atoms with Crippen LogP contribution in [0.3, 0.4) is 0 Å². The van der Waals surface area contributed by atoms with Crippen molar-refractivity contribution in [1.82, 2.24) is 9.62 Å². The van der Waals surface area contributed by atoms with Gasteiger partial charge in [-0.15, -0.1) is 0 Å². The van der Waals surface area contributed by atoms with E-state index in [9.17, 15) is 17.6 Å². The zero-order chi connectivity index (χ0) is 20.0. The summed E-state index contributed by atoms with van der Waals surface area (Å²) < 4.78 is 44.8. The van der Waals surface area contributed by atoms with E-state index in [0.717, 1.165) is 11.6 Å². The summed E-state index contributed by atoms with van der Waals surface area (Å²) in [5, 5.41) is 2.68. The normalized spacial score (nSPS) is 11.4. The molecule has 0 aliphatic carbocycles. The summed E-state index contributed by atoms with van der Waals surface area (Å²) in [6, 6.07) is 10.0. The molecule has 0 saturated carbocycles. The van der Waals surface area contributed by atoms with Crippen LogP contribution in [0.2, 0.25) is 0 Å². The van der Waals surface area contributed by atoms with Crippen LogP contribution in [0.4, 0.5) is 4.39 Å². The molecular weight excluding hydrogens is 371 g/mol. The van der Waals surface area contributed by atoms with E-state index in [-0.39, 0.29) is 22.8 Å². The van der Waals surface area contributed by atoms with Crippen molar-refractivity contribution >= 4 is 15.9 Å². The molecule has 0 aliphatic rings. The minimum absolute atomic E-state index is 0.0956. The fourth-order valence-electron chi connectivity index (χ4n) is 2.63. The number of ether oxygens (including phenoxy) is 1. The van der Waals surface area contributed by atoms with E-state index in [2.05, 4.69) is 5.32 Å². The largest absolute Gasteiger partial charge is 0.496 e. The lowest BCUT2D eigenvalue weighted by molar-refractivity contribution is 0.0947. The van der Waals surface area contributed by atoms with Crippen molar-refractivity contribution in [3.8, 4) is 5.75 Å². The molecule has 0 aliphatic heterocycles. The molecule has 8 heteroatoms. The van der Waals surface area contributed by atoms with Crippen LogP contribution in [0.15, 0.2) is 47.4 Å². The smallest absolute Gasteiger partial charge is 0.255 e. The SMILES string of the molecule is CCN(CC)S(=O)(=O)c1ccc(CNC(=O)c2cc(F)ccc2OC)cc1. The molecule has 0 fully saturated rings. The van der Waals surface area contributed by atoms with Crippen LogP contribution in [0, 0.1) is 5.82 Å². The van der Waals surface area contributed by atoms with Gasteiger partial charge in [-0.25, -0.2) is 12.8 Å². The number of sulfonamides is 1. The predicted octanol–water partition coefficient (Wildman–Crippen LogP) is 2.79. The molecule has 27 heavy (non-hydrogen) atoms. The van der Waals surface area contributed by atoms with Crippen LogP contribution >= 0.6 is 0 Å². The molecule has 1 N–H and O–H groups in total. The Morgan fingerprint density at radius 2 is 1.74 bits per heavy atom. The Morgan fingerprint density at radius 1 is 1.11 bits per heavy atom. The van der Waals surface area contributed by atoms with Crippen molar-refractivity contribution in [3.63, 3.8) is 0 Å². The fourth-order valence-corrected chi connectivity index (χ4v) is 4.09. The molecule has 146 valence electrons. The molecule has 1 amide bonds. The highest BCUT2D eigenvalue weighted by Gasteiger charge is 2.21. The lowest BCUT2D eigenvalue weighted by atomic mass is 10.1. The maximum Gasteiger partial charge on any atom is 0.255 e. The second-order valence-corrected chi connectivity index (χ2v) is 7.70. The van der Waals surface area contributed by atoms with Crippen LogP contribution in [-0.4, -0.2) is 38.8 Å². The maximum absolute atomic E-state index is 13.4. The standard InChI is InChI=1S/C19H23FN2O4S/c1-4-22(5-2)27(24,25)16-9-6-14(7-10-16)13-21-19(23)17-12-15(20)8-11-18(17)26-3/h6-12H,4-5,13H2,1-3H3,(H,21,23). The van der Waals surface area contributed by atoms with Crippen molar-refractivity contribution in [3.05, 3.63) is 59.4 Å². The quantitative estimate of drug-likeness (QED) is 0.747. The molecule has 0 spiro atoms. The minimum Gasteiger partial charge on any atom is -0.496 e. The molecule has 2 rings (SSSR count). The summed E-state index contributed by atoms with van der Waals surface area (Å²) in [5.74, 6) is -0.743. The fraction of sp³-hybridized carbons (Fsp3) is 0.316. The monoisotopic (exact) mass is 394 g/mol. The Labute approximate surface area is 159 Å². The molecule has 0 saturated heterocycles. The first-order valence-corrected chi connectivity index (χ1v) is 9.98. The third kappa shape index (κ3) is 4.84. The van der Waals surface area contributed by atoms with E-state index in [0.29, 0.717) is 13.1 Å². The van der Waals surface area contributed by atoms with E-state index in [4.69, 9.17) is 4.74 Å². The zero-order valence-corrected chi connectivity index (χ0v) is 16.3. The first-order chi connectivity index (χ1) is 12.8. The molecule has 2 aromatic carbocycles. The number of halogens is 1. The van der Waals surface area contributed by atoms with Gasteiger partial charge < -0.3 is 10.1 Å². The Hall–Kier alpha value is -2.45. The zero-order valence-electron chi connectivity index (χ0n) is 15.5. The number of amides is 1. The topological polar surface area (TPSA) is 75.7 Å². The molecular formula is C19H23FN2O4S. The number of benzene rings is 2. The number of methoxy groups -OCH3 is 1. The number of carbonyl (C=O) groups excluding carboxylic acids is 1. The molecule has 0 aromatic heterocycles. The molecule has 2 aromatic rings. The van der Waals surface area contributed by atoms with E-state index in [1.807, 2.05) is 0 Å². The van der Waals surface area contributed by atoms with Gasteiger partial charge in [0.1, 0.15) is 11.6 Å². The van der Waals surface area contributed by atoms with Gasteiger partial charge in [0.2, 0.25) is 10.0 Å². The van der Waals surface area contributed by atoms with Gasteiger partial charge in [-0.3, -0.25) is 4.79 Å². The number of hydrogen-bond donors (Lipinski definition) is 1. The molecule has 0 atom stereocenters. The highest BCUT2D eigenvalue weighted by molar-refractivity contribution is 7.89. The molecule has 0 bridgehead atoms. The van der Waals surface area contributed by atoms with E-state index >= 15 is 0 Å². The summed E-state index contributed by atoms with van der Waals surface area (Å²) in [5.41, 5.74) is 0.815. The van der Waals surface area contributed by atoms with Crippen molar-refractivity contribution in [2.24, 2.45) is 0 Å². The van der Waals surface area contributed by atoms with Gasteiger partial charge in [0.15, 0.2) is 0 Å². The van der Waals surface area contributed by atoms with E-state index in [1.54, 1.807) is 26.0 Å². The van der Waals surface area contributed by atoms with E-state index < -0.39 is 21.7 Å². The average Bonchev–Trinajstić information content (AvgIpc) is 2.67. The Bertz CT molecular complexity index is 894. The van der Waals surface area contributed by atoms with Crippen LogP contribution in [0.5, 0.6) is 5.75 Å². The van der Waals surface area contributed by atoms with Gasteiger partial charge in [-0.05, 0) is 35.9 Å². The van der Waals surface area contributed by atoms with Gasteiger partial charge >= 0.3 is 0 Å². The third-order valence-electron chi connectivity index (χ3n) is 4.13. The third-order valence-corrected chi connectivity index (χ3v) is 6.19. The first-order valence-electron chi connectivity index (χ1n) is 8.54. The van der Waals surface area contributed by atoms with Crippen molar-refractivity contribution in [1.29, 1.82) is 0 Å². The van der Waals surface area contributed by atoms with Crippen molar-refractivity contribution in [2.45, 2.75) is 25.3 Å². The van der Waals surface area contributed by atoms with E-state index in [1.165, 1.54) is 35.7 Å². The summed E-state index contributed by atoms with van der Waals surface area (Å²) in [4.78, 5) is 12.5. The Morgan fingerprint density at radius 3 is 2.30 bits per heavy atom. The Kier molecular flexibility index (Phi) is 6.92. The lowest BCUT2D eigenvalue weighted by Gasteiger charge is -2.18. The van der Waals surface area contributed by atoms with Crippen molar-refractivity contribution in [2.75, 3.05) is 20.2 Å². The van der Waals surface area contributed by atoms with Crippen LogP contribution in [-0.2, 0) is 16.6 Å². The van der Waals surface area contributed by atoms with Crippen LogP contribution < -0.4 is 10.1 Å². The molecule has 6 nitrogen and oxygen atoms in total. The highest BCUT2D eigenvalue weighted by Crippen LogP contribution is 2.20. The molecule has 0 heterocycles. The molecule has 0 unspecified atom stereocenters. The van der Waals surface area contributed by atoms with Crippen LogP contribution in [0.1, 0.15) is 29.8 Å². The Balaban J connectivity index is 2.10. The summed E-state index contributed by atoms with van der Waals surface area (Å²) in [6.45, 7) is 4.53. The second-order valence-electron chi connectivity index (χ2n) is 5.76. The lowest BCUT2D eigenvalue weighted by Crippen LogP contribution is -2.30. The average molecular weight is 394 g/mol. The van der Waals surface area contributed by atoms with Gasteiger partial charge in [-0.1, -0.05) is 26.0 Å². The minimum atomic E-state index is -3.52. The summed E-state index contributed by atoms with van der Waals surface area (Å²) >= 11 is 0. The van der Waals surface area contributed by atoms with Gasteiger partial charge in [-0.2, -0.15) is 4.31 Å². The predicted molar refractivity (Wildman–Crippen MR) is 101 cm³/mol. The van der Waals surface area contributed by atoms with Gasteiger partial charge in [0.05, 0.1) is 17.6 Å². The van der Waals surface area contributed by atoms with Crippen molar-refractivity contribution < 1.29 is 22.3 Å². The highest BCUT2D eigenvalue weighted by atomic mass is 32.2. The number of carbonyl (C=O) groups is 1. The van der Waals surface area contributed by atoms with Gasteiger partial charge in [0.25, 0.3) is 5.91 Å². The number of nitrogens with one attached hydrogen (secondary N) is 1. The summed E-state index contributed by atoms with van der Waals surface area (Å²) in [7, 11) is -2.12. The number of rotatable bonds is 8. The second kappa shape index (κ2) is 8.96. The first kappa shape index (κ1) is 20.9.